The summed E-state index contributed by atoms with van der Waals surface area (Å²) >= 11 is 19.9. The number of sulfonamides is 2. The van der Waals surface area contributed by atoms with Crippen molar-refractivity contribution in [1.29, 1.82) is 0 Å². The zero-order valence-electron chi connectivity index (χ0n) is 26.2. The molecule has 268 valence electrons. The first kappa shape index (κ1) is 38.9. The molecule has 4 heterocycles. The summed E-state index contributed by atoms with van der Waals surface area (Å²) in [6, 6.07) is 10.3. The predicted molar refractivity (Wildman–Crippen MR) is 199 cm³/mol. The lowest BCUT2D eigenvalue weighted by Crippen LogP contribution is -2.57. The summed E-state index contributed by atoms with van der Waals surface area (Å²) in [6.07, 6.45) is 4.16. The molecule has 0 amide bonds. The van der Waals surface area contributed by atoms with Crippen LogP contribution in [-0.4, -0.2) is 87.4 Å². The maximum atomic E-state index is 14.0. The summed E-state index contributed by atoms with van der Waals surface area (Å²) in [6.45, 7) is 1.63. The molecular weight excluding hydrogens is 867 g/mol. The summed E-state index contributed by atoms with van der Waals surface area (Å²) < 4.78 is 66.5. The Balaban J connectivity index is 1.24. The highest BCUT2D eigenvalue weighted by molar-refractivity contribution is 9.11. The Hall–Kier alpha value is -1.34. The van der Waals surface area contributed by atoms with E-state index in [0.717, 1.165) is 24.2 Å². The number of benzene rings is 1. The van der Waals surface area contributed by atoms with E-state index in [1.165, 1.54) is 10.4 Å². The Morgan fingerprint density at radius 3 is 2.51 bits per heavy atom. The first-order valence-corrected chi connectivity index (χ1v) is 21.8. The molecule has 0 saturated carbocycles. The van der Waals surface area contributed by atoms with Gasteiger partial charge >= 0.3 is 5.97 Å². The van der Waals surface area contributed by atoms with Crippen LogP contribution in [0.15, 0.2) is 61.8 Å². The zero-order valence-corrected chi connectivity index (χ0v) is 33.3. The van der Waals surface area contributed by atoms with Crippen LogP contribution >= 0.6 is 66.4 Å². The normalized spacial score (nSPS) is 21.5. The first-order valence-electron chi connectivity index (χ1n) is 15.6. The number of piperidine rings is 2. The van der Waals surface area contributed by atoms with Crippen molar-refractivity contribution in [3.05, 3.63) is 72.5 Å². The minimum absolute atomic E-state index is 0.0428. The first-order chi connectivity index (χ1) is 23.2. The monoisotopic (exact) mass is 900 g/mol. The van der Waals surface area contributed by atoms with Crippen molar-refractivity contribution in [3.63, 3.8) is 0 Å². The van der Waals surface area contributed by atoms with E-state index in [0.29, 0.717) is 68.6 Å². The minimum atomic E-state index is -4.22. The van der Waals surface area contributed by atoms with Gasteiger partial charge in [-0.25, -0.2) is 26.5 Å². The van der Waals surface area contributed by atoms with Gasteiger partial charge in [0, 0.05) is 48.5 Å². The van der Waals surface area contributed by atoms with Gasteiger partial charge in [0.15, 0.2) is 0 Å². The lowest BCUT2D eigenvalue weighted by molar-refractivity contribution is -0.138. The molecule has 1 aromatic carbocycles. The third kappa shape index (κ3) is 9.96. The Kier molecular flexibility index (Phi) is 13.5. The number of ether oxygens (including phenoxy) is 1. The van der Waals surface area contributed by atoms with E-state index >= 15 is 0 Å². The number of aliphatic carboxylic acids is 1. The molecule has 0 aliphatic carbocycles. The van der Waals surface area contributed by atoms with Crippen molar-refractivity contribution in [3.8, 4) is 0 Å². The summed E-state index contributed by atoms with van der Waals surface area (Å²) in [5.74, 6) is -0.583. The molecule has 2 fully saturated rings. The van der Waals surface area contributed by atoms with Crippen molar-refractivity contribution in [2.45, 2.75) is 60.1 Å². The van der Waals surface area contributed by atoms with Gasteiger partial charge in [-0.05, 0) is 112 Å². The fraction of sp³-hybridized carbons (Fsp3) is 0.484. The second kappa shape index (κ2) is 17.0. The molecule has 2 saturated heterocycles. The van der Waals surface area contributed by atoms with Gasteiger partial charge in [-0.1, -0.05) is 35.3 Å². The molecule has 2 N–H and O–H groups in total. The van der Waals surface area contributed by atoms with Gasteiger partial charge in [-0.3, -0.25) is 4.79 Å². The smallest absolute Gasteiger partial charge is 0.322 e. The van der Waals surface area contributed by atoms with Crippen LogP contribution < -0.4 is 9.62 Å². The van der Waals surface area contributed by atoms with Crippen LogP contribution in [0.5, 0.6) is 0 Å². The van der Waals surface area contributed by atoms with E-state index in [9.17, 15) is 26.7 Å². The van der Waals surface area contributed by atoms with Crippen LogP contribution in [0.3, 0.4) is 0 Å². The minimum Gasteiger partial charge on any atom is -0.480 e. The summed E-state index contributed by atoms with van der Waals surface area (Å²) in [5.41, 5.74) is 0.621. The van der Waals surface area contributed by atoms with Crippen molar-refractivity contribution >= 4 is 98.2 Å². The number of rotatable bonds is 14. The van der Waals surface area contributed by atoms with Gasteiger partial charge in [-0.15, -0.1) is 11.3 Å². The standard InChI is InChI=1S/C31H36Br2Cl2N4O7S3/c32-23-6-1-12-36-30(23)38-14-11-26(27(19-38)48(42,43)37-25(31(40)41)16-20-7-9-22(34)10-8-20)46-15-3-5-21-4-2-13-39(18-21)49(44,45)28-17-24(33)29(35)47-28/h1,6-10,12,17,21,25-27,37H,2-5,11,13-16,18-19H2,(H,40,41). The number of carboxylic acid groups (broad SMARTS) is 1. The Morgan fingerprint density at radius 1 is 1.08 bits per heavy atom. The summed E-state index contributed by atoms with van der Waals surface area (Å²) in [4.78, 5) is 18.5. The molecule has 3 aromatic rings. The largest absolute Gasteiger partial charge is 0.480 e. The third-order valence-corrected chi connectivity index (χ3v) is 16.2. The predicted octanol–water partition coefficient (Wildman–Crippen LogP) is 6.44. The number of carbonyl (C=O) groups is 1. The highest BCUT2D eigenvalue weighted by atomic mass is 79.9. The van der Waals surface area contributed by atoms with Crippen LogP contribution in [0.4, 0.5) is 5.82 Å². The average Bonchev–Trinajstić information content (AvgIpc) is 3.42. The van der Waals surface area contributed by atoms with Crippen LogP contribution in [-0.2, 0) is 36.0 Å². The second-order valence-electron chi connectivity index (χ2n) is 12.1. The fourth-order valence-corrected chi connectivity index (χ4v) is 12.6. The number of halogens is 4. The maximum absolute atomic E-state index is 14.0. The van der Waals surface area contributed by atoms with E-state index in [1.54, 1.807) is 36.5 Å². The number of thiophene rings is 1. The summed E-state index contributed by atoms with van der Waals surface area (Å²) in [7, 11) is -7.89. The topological polar surface area (TPSA) is 146 Å². The quantitative estimate of drug-likeness (QED) is 0.175. The molecule has 18 heteroatoms. The number of nitrogens with one attached hydrogen (secondary N) is 1. The van der Waals surface area contributed by atoms with Crippen LogP contribution in [0.25, 0.3) is 0 Å². The number of carboxylic acids is 1. The molecule has 49 heavy (non-hydrogen) atoms. The van der Waals surface area contributed by atoms with Crippen molar-refractivity contribution in [2.24, 2.45) is 5.92 Å². The van der Waals surface area contributed by atoms with Gasteiger partial charge in [0.1, 0.15) is 25.7 Å². The average molecular weight is 904 g/mol. The van der Waals surface area contributed by atoms with Gasteiger partial charge < -0.3 is 14.7 Å². The Labute approximate surface area is 317 Å². The van der Waals surface area contributed by atoms with Crippen LogP contribution in [0.2, 0.25) is 9.36 Å². The number of hydrogen-bond acceptors (Lipinski definition) is 9. The number of aromatic nitrogens is 1. The third-order valence-electron chi connectivity index (χ3n) is 8.68. The molecule has 0 bridgehead atoms. The van der Waals surface area contributed by atoms with Crippen molar-refractivity contribution < 1.29 is 31.5 Å². The molecule has 2 aromatic heterocycles. The number of hydrogen-bond donors (Lipinski definition) is 2. The van der Waals surface area contributed by atoms with E-state index in [4.69, 9.17) is 27.9 Å². The molecule has 2 aliphatic heterocycles. The van der Waals surface area contributed by atoms with Crippen molar-refractivity contribution in [1.82, 2.24) is 14.0 Å². The fourth-order valence-electron chi connectivity index (χ4n) is 6.18. The highest BCUT2D eigenvalue weighted by Gasteiger charge is 2.42. The number of nitrogens with zero attached hydrogens (tertiary/aromatic N) is 3. The molecule has 2 aliphatic rings. The zero-order chi connectivity index (χ0) is 35.3. The van der Waals surface area contributed by atoms with Gasteiger partial charge in [0.2, 0.25) is 10.0 Å². The summed E-state index contributed by atoms with van der Waals surface area (Å²) in [5, 5.41) is 9.37. The van der Waals surface area contributed by atoms with E-state index in [1.807, 2.05) is 11.0 Å². The lowest BCUT2D eigenvalue weighted by Gasteiger charge is -2.39. The van der Waals surface area contributed by atoms with Gasteiger partial charge in [0.25, 0.3) is 10.0 Å². The molecule has 11 nitrogen and oxygen atoms in total. The second-order valence-corrected chi connectivity index (χ2v) is 20.0. The van der Waals surface area contributed by atoms with Crippen LogP contribution in [0, 0.1) is 5.92 Å². The highest BCUT2D eigenvalue weighted by Crippen LogP contribution is 2.37. The lowest BCUT2D eigenvalue weighted by atomic mass is 9.95. The molecule has 0 spiro atoms. The molecule has 0 radical (unpaired) electrons. The SMILES string of the molecule is O=C(O)C(Cc1ccc(Cl)cc1)NS(=O)(=O)C1CN(c2ncccc2Br)CCC1OCCCC1CCCN(S(=O)(=O)c2cc(Br)c(Cl)s2)C1. The van der Waals surface area contributed by atoms with Gasteiger partial charge in [0.05, 0.1) is 10.6 Å². The van der Waals surface area contributed by atoms with E-state index in [2.05, 4.69) is 41.6 Å². The van der Waals surface area contributed by atoms with Crippen molar-refractivity contribution in [2.75, 3.05) is 37.7 Å². The number of anilines is 1. The maximum Gasteiger partial charge on any atom is 0.322 e. The van der Waals surface area contributed by atoms with Gasteiger partial charge in [-0.2, -0.15) is 4.31 Å². The molecular formula is C31H36Br2Cl2N4O7S3. The van der Waals surface area contributed by atoms with E-state index < -0.39 is 43.4 Å². The van der Waals surface area contributed by atoms with Crippen LogP contribution in [0.1, 0.15) is 37.7 Å². The molecule has 4 unspecified atom stereocenters. The van der Waals surface area contributed by atoms with E-state index in [-0.39, 0.29) is 29.7 Å². The Bertz CT molecular complexity index is 1810. The molecule has 4 atom stereocenters. The Morgan fingerprint density at radius 2 is 1.84 bits per heavy atom. The number of pyridine rings is 1. The molecule has 5 rings (SSSR count).